The van der Waals surface area contributed by atoms with Crippen molar-refractivity contribution >= 4 is 12.0 Å². The molecule has 0 radical (unpaired) electrons. The first-order valence-corrected chi connectivity index (χ1v) is 6.76. The number of primary amides is 1. The molecule has 0 spiro atoms. The number of benzene rings is 2. The third kappa shape index (κ3) is 4.20. The summed E-state index contributed by atoms with van der Waals surface area (Å²) in [7, 11) is 0. The Bertz CT molecular complexity index is 842. The van der Waals surface area contributed by atoms with Crippen molar-refractivity contribution in [2.75, 3.05) is 0 Å². The van der Waals surface area contributed by atoms with Gasteiger partial charge in [0.1, 0.15) is 24.0 Å². The molecule has 0 aromatic heterocycles. The van der Waals surface area contributed by atoms with Crippen molar-refractivity contribution in [3.63, 3.8) is 0 Å². The summed E-state index contributed by atoms with van der Waals surface area (Å²) in [5.74, 6) is -0.213. The summed E-state index contributed by atoms with van der Waals surface area (Å²) in [6.07, 6.45) is 1.40. The highest BCUT2D eigenvalue weighted by Gasteiger charge is 2.05. The number of rotatable bonds is 5. The third-order valence-corrected chi connectivity index (χ3v) is 3.09. The minimum absolute atomic E-state index is 0.128. The first kappa shape index (κ1) is 15.8. The van der Waals surface area contributed by atoms with Gasteiger partial charge in [-0.25, -0.2) is 0 Å². The van der Waals surface area contributed by atoms with Crippen molar-refractivity contribution in [3.8, 4) is 17.9 Å². The minimum Gasteiger partial charge on any atom is -0.489 e. The van der Waals surface area contributed by atoms with Gasteiger partial charge in [-0.1, -0.05) is 30.3 Å². The maximum atomic E-state index is 11.1. The summed E-state index contributed by atoms with van der Waals surface area (Å²) in [4.78, 5) is 11.1. The fraction of sp³-hybridized carbons (Fsp3) is 0.0556. The maximum Gasteiger partial charge on any atom is 0.259 e. The number of amides is 1. The van der Waals surface area contributed by atoms with Crippen LogP contribution in [0.2, 0.25) is 0 Å². The molecule has 1 amide bonds. The Morgan fingerprint density at radius 3 is 2.65 bits per heavy atom. The fourth-order valence-corrected chi connectivity index (χ4v) is 1.94. The van der Waals surface area contributed by atoms with E-state index in [-0.39, 0.29) is 12.2 Å². The highest BCUT2D eigenvalue weighted by molar-refractivity contribution is 6.00. The SMILES string of the molecule is N#CC(=Cc1cccc(OCc2ccccc2C#N)c1)C(N)=O. The number of ether oxygens (including phenoxy) is 1. The monoisotopic (exact) mass is 303 g/mol. The average Bonchev–Trinajstić information content (AvgIpc) is 2.58. The van der Waals surface area contributed by atoms with Crippen molar-refractivity contribution in [1.29, 1.82) is 10.5 Å². The third-order valence-electron chi connectivity index (χ3n) is 3.09. The average molecular weight is 303 g/mol. The molecule has 2 N–H and O–H groups in total. The van der Waals surface area contributed by atoms with Gasteiger partial charge in [-0.15, -0.1) is 0 Å². The van der Waals surface area contributed by atoms with Crippen LogP contribution in [0.1, 0.15) is 16.7 Å². The Labute approximate surface area is 133 Å². The molecule has 0 aliphatic rings. The van der Waals surface area contributed by atoms with Gasteiger partial charge in [0.25, 0.3) is 5.91 Å². The number of hydrogen-bond acceptors (Lipinski definition) is 4. The zero-order valence-electron chi connectivity index (χ0n) is 12.2. The lowest BCUT2D eigenvalue weighted by Crippen LogP contribution is -2.12. The van der Waals surface area contributed by atoms with Crippen LogP contribution >= 0.6 is 0 Å². The smallest absolute Gasteiger partial charge is 0.259 e. The summed E-state index contributed by atoms with van der Waals surface area (Å²) in [6.45, 7) is 0.248. The van der Waals surface area contributed by atoms with Gasteiger partial charge < -0.3 is 10.5 Å². The van der Waals surface area contributed by atoms with E-state index in [4.69, 9.17) is 21.0 Å². The van der Waals surface area contributed by atoms with Crippen LogP contribution < -0.4 is 10.5 Å². The maximum absolute atomic E-state index is 11.1. The Kier molecular flexibility index (Phi) is 5.12. The Morgan fingerprint density at radius 2 is 1.96 bits per heavy atom. The van der Waals surface area contributed by atoms with Crippen LogP contribution in [0.4, 0.5) is 0 Å². The highest BCUT2D eigenvalue weighted by atomic mass is 16.5. The standard InChI is InChI=1S/C18H13N3O2/c19-10-14-5-1-2-6-15(14)12-23-17-7-3-4-13(9-17)8-16(11-20)18(21)22/h1-9H,12H2,(H2,21,22). The summed E-state index contributed by atoms with van der Waals surface area (Å²) in [5, 5.41) is 17.9. The topological polar surface area (TPSA) is 99.9 Å². The number of hydrogen-bond donors (Lipinski definition) is 1. The second-order valence-electron chi connectivity index (χ2n) is 4.66. The van der Waals surface area contributed by atoms with E-state index in [2.05, 4.69) is 6.07 Å². The van der Waals surface area contributed by atoms with Crippen LogP contribution in [-0.2, 0) is 11.4 Å². The second kappa shape index (κ2) is 7.44. The molecule has 5 heteroatoms. The van der Waals surface area contributed by atoms with E-state index in [9.17, 15) is 4.79 Å². The van der Waals surface area contributed by atoms with E-state index in [1.165, 1.54) is 6.08 Å². The van der Waals surface area contributed by atoms with Gasteiger partial charge in [-0.2, -0.15) is 10.5 Å². The van der Waals surface area contributed by atoms with Crippen LogP contribution in [0.15, 0.2) is 54.1 Å². The molecule has 2 aromatic rings. The van der Waals surface area contributed by atoms with Gasteiger partial charge in [0.2, 0.25) is 0 Å². The molecule has 5 nitrogen and oxygen atoms in total. The predicted octanol–water partition coefficient (Wildman–Crippen LogP) is 2.53. The fourth-order valence-electron chi connectivity index (χ4n) is 1.94. The summed E-state index contributed by atoms with van der Waals surface area (Å²) in [6, 6.07) is 18.0. The van der Waals surface area contributed by atoms with E-state index < -0.39 is 5.91 Å². The largest absolute Gasteiger partial charge is 0.489 e. The van der Waals surface area contributed by atoms with E-state index in [0.717, 1.165) is 5.56 Å². The number of nitriles is 2. The predicted molar refractivity (Wildman–Crippen MR) is 84.7 cm³/mol. The highest BCUT2D eigenvalue weighted by Crippen LogP contribution is 2.18. The van der Waals surface area contributed by atoms with Crippen LogP contribution in [-0.4, -0.2) is 5.91 Å². The Morgan fingerprint density at radius 1 is 1.17 bits per heavy atom. The molecule has 0 unspecified atom stereocenters. The molecule has 23 heavy (non-hydrogen) atoms. The molecule has 2 aromatic carbocycles. The normalized spacial score (nSPS) is 10.4. The lowest BCUT2D eigenvalue weighted by Gasteiger charge is -2.08. The van der Waals surface area contributed by atoms with Crippen molar-refractivity contribution in [3.05, 3.63) is 70.8 Å². The Balaban J connectivity index is 2.17. The molecule has 0 saturated heterocycles. The first-order valence-electron chi connectivity index (χ1n) is 6.76. The number of nitrogens with zero attached hydrogens (tertiary/aromatic N) is 2. The van der Waals surface area contributed by atoms with Gasteiger partial charge in [-0.05, 0) is 29.8 Å². The summed E-state index contributed by atoms with van der Waals surface area (Å²) < 4.78 is 5.67. The minimum atomic E-state index is -0.776. The molecule has 2 rings (SSSR count). The van der Waals surface area contributed by atoms with Gasteiger partial charge in [0, 0.05) is 5.56 Å². The van der Waals surface area contributed by atoms with Crippen LogP contribution in [0.25, 0.3) is 6.08 Å². The zero-order chi connectivity index (χ0) is 16.7. The molecule has 0 aliphatic heterocycles. The number of carbonyl (C=O) groups excluding carboxylic acids is 1. The van der Waals surface area contributed by atoms with Crippen LogP contribution in [0, 0.1) is 22.7 Å². The van der Waals surface area contributed by atoms with E-state index >= 15 is 0 Å². The van der Waals surface area contributed by atoms with Gasteiger partial charge in [0.05, 0.1) is 11.6 Å². The van der Waals surface area contributed by atoms with Crippen molar-refractivity contribution in [2.24, 2.45) is 5.73 Å². The van der Waals surface area contributed by atoms with Crippen molar-refractivity contribution < 1.29 is 9.53 Å². The molecule has 0 heterocycles. The lowest BCUT2D eigenvalue weighted by atomic mass is 10.1. The summed E-state index contributed by atoms with van der Waals surface area (Å²) >= 11 is 0. The zero-order valence-corrected chi connectivity index (χ0v) is 12.2. The molecule has 112 valence electrons. The van der Waals surface area contributed by atoms with E-state index in [1.54, 1.807) is 42.5 Å². The van der Waals surface area contributed by atoms with Gasteiger partial charge in [0.15, 0.2) is 0 Å². The Hall–Kier alpha value is -3.57. The van der Waals surface area contributed by atoms with E-state index in [0.29, 0.717) is 16.9 Å². The molecule has 0 saturated carbocycles. The molecule has 0 aliphatic carbocycles. The molecular weight excluding hydrogens is 290 g/mol. The van der Waals surface area contributed by atoms with Gasteiger partial charge in [-0.3, -0.25) is 4.79 Å². The number of nitrogens with two attached hydrogens (primary N) is 1. The molecule has 0 bridgehead atoms. The quantitative estimate of drug-likeness (QED) is 0.677. The van der Waals surface area contributed by atoms with Crippen molar-refractivity contribution in [2.45, 2.75) is 6.61 Å². The van der Waals surface area contributed by atoms with E-state index in [1.807, 2.05) is 12.1 Å². The second-order valence-corrected chi connectivity index (χ2v) is 4.66. The molecule has 0 fully saturated rings. The first-order chi connectivity index (χ1) is 11.1. The molecule has 0 atom stereocenters. The summed E-state index contributed by atoms with van der Waals surface area (Å²) in [5.41, 5.74) is 6.95. The number of carbonyl (C=O) groups is 1. The van der Waals surface area contributed by atoms with Crippen molar-refractivity contribution in [1.82, 2.24) is 0 Å². The lowest BCUT2D eigenvalue weighted by molar-refractivity contribution is -0.114. The van der Waals surface area contributed by atoms with Crippen LogP contribution in [0.5, 0.6) is 5.75 Å². The molecular formula is C18H13N3O2. The van der Waals surface area contributed by atoms with Gasteiger partial charge >= 0.3 is 0 Å². The van der Waals surface area contributed by atoms with Crippen LogP contribution in [0.3, 0.4) is 0 Å².